The lowest BCUT2D eigenvalue weighted by Gasteiger charge is -2.33. The van der Waals surface area contributed by atoms with Crippen LogP contribution in [0.4, 0.5) is 0 Å². The van der Waals surface area contributed by atoms with Gasteiger partial charge in [-0.3, -0.25) is 0 Å². The van der Waals surface area contributed by atoms with Crippen molar-refractivity contribution in [2.75, 3.05) is 0 Å². The highest BCUT2D eigenvalue weighted by Gasteiger charge is 2.48. The van der Waals surface area contributed by atoms with Crippen molar-refractivity contribution in [3.63, 3.8) is 0 Å². The molecule has 1 aromatic rings. The van der Waals surface area contributed by atoms with Gasteiger partial charge in [0.15, 0.2) is 5.60 Å². The molecule has 2 atom stereocenters. The molecule has 1 fully saturated rings. The van der Waals surface area contributed by atoms with Crippen molar-refractivity contribution in [1.29, 1.82) is 0 Å². The molecular formula is C19H28O3. The van der Waals surface area contributed by atoms with Crippen molar-refractivity contribution in [3.05, 3.63) is 35.9 Å². The number of carbonyl (C=O) groups excluding carboxylic acids is 1. The van der Waals surface area contributed by atoms with Crippen LogP contribution in [0.3, 0.4) is 0 Å². The van der Waals surface area contributed by atoms with Crippen LogP contribution >= 0.6 is 0 Å². The Labute approximate surface area is 133 Å². The molecule has 3 nitrogen and oxygen atoms in total. The Morgan fingerprint density at radius 3 is 2.45 bits per heavy atom. The smallest absolute Gasteiger partial charge is 0.343 e. The molecule has 1 saturated carbocycles. The Morgan fingerprint density at radius 2 is 1.91 bits per heavy atom. The molecule has 122 valence electrons. The Hall–Kier alpha value is -1.35. The van der Waals surface area contributed by atoms with E-state index in [1.54, 1.807) is 0 Å². The van der Waals surface area contributed by atoms with Gasteiger partial charge in [0.2, 0.25) is 0 Å². The minimum atomic E-state index is -1.50. The Morgan fingerprint density at radius 1 is 1.27 bits per heavy atom. The van der Waals surface area contributed by atoms with Gasteiger partial charge in [-0.05, 0) is 31.2 Å². The number of rotatable bonds is 7. The number of carbonyl (C=O) groups is 1. The lowest BCUT2D eigenvalue weighted by Crippen LogP contribution is -2.44. The molecule has 22 heavy (non-hydrogen) atoms. The third-order valence-corrected chi connectivity index (χ3v) is 4.81. The first kappa shape index (κ1) is 17.0. The molecule has 1 aromatic carbocycles. The molecule has 1 unspecified atom stereocenters. The Balaban J connectivity index is 2.26. The van der Waals surface area contributed by atoms with Crippen LogP contribution in [-0.2, 0) is 15.1 Å². The summed E-state index contributed by atoms with van der Waals surface area (Å²) >= 11 is 0. The maximum Gasteiger partial charge on any atom is 0.343 e. The van der Waals surface area contributed by atoms with Crippen molar-refractivity contribution in [2.45, 2.75) is 70.5 Å². The number of ether oxygens (including phenoxy) is 1. The summed E-state index contributed by atoms with van der Waals surface area (Å²) in [5, 5.41) is 11.3. The largest absolute Gasteiger partial charge is 0.460 e. The van der Waals surface area contributed by atoms with Crippen LogP contribution in [0.25, 0.3) is 0 Å². The predicted octanol–water partition coefficient (Wildman–Crippen LogP) is 4.19. The van der Waals surface area contributed by atoms with Crippen LogP contribution in [0.15, 0.2) is 30.3 Å². The van der Waals surface area contributed by atoms with Gasteiger partial charge in [-0.15, -0.1) is 0 Å². The molecule has 0 bridgehead atoms. The molecule has 0 aliphatic heterocycles. The predicted molar refractivity (Wildman–Crippen MR) is 87.4 cm³/mol. The standard InChI is InChI=1S/C19H28O3/c1-3-10-17(4-2)22-18(20)19(21,16-13-8-9-14-16)15-11-6-5-7-12-15/h5-7,11-12,16-17,21H,3-4,8-10,13-14H2,1-2H3/t17-,19?/m0/s1. The van der Waals surface area contributed by atoms with E-state index in [4.69, 9.17) is 4.74 Å². The summed E-state index contributed by atoms with van der Waals surface area (Å²) in [5.41, 5.74) is -0.836. The second-order valence-electron chi connectivity index (χ2n) is 6.34. The van der Waals surface area contributed by atoms with E-state index < -0.39 is 11.6 Å². The average molecular weight is 304 g/mol. The lowest BCUT2D eigenvalue weighted by atomic mass is 9.80. The zero-order chi connectivity index (χ0) is 16.0. The minimum absolute atomic E-state index is 0.0402. The van der Waals surface area contributed by atoms with Crippen LogP contribution < -0.4 is 0 Å². The van der Waals surface area contributed by atoms with Gasteiger partial charge in [-0.25, -0.2) is 4.79 Å². The number of esters is 1. The van der Waals surface area contributed by atoms with Crippen molar-refractivity contribution < 1.29 is 14.6 Å². The monoisotopic (exact) mass is 304 g/mol. The molecular weight excluding hydrogens is 276 g/mol. The van der Waals surface area contributed by atoms with E-state index in [9.17, 15) is 9.90 Å². The summed E-state index contributed by atoms with van der Waals surface area (Å²) in [4.78, 5) is 12.8. The van der Waals surface area contributed by atoms with Crippen LogP contribution in [-0.4, -0.2) is 17.2 Å². The SMILES string of the molecule is CCC[C@H](CC)OC(=O)C(O)(c1ccccc1)C1CCCC1. The zero-order valence-corrected chi connectivity index (χ0v) is 13.8. The maximum atomic E-state index is 12.8. The van der Waals surface area contributed by atoms with Gasteiger partial charge < -0.3 is 9.84 Å². The Kier molecular flexibility index (Phi) is 6.01. The summed E-state index contributed by atoms with van der Waals surface area (Å²) in [5.74, 6) is -0.507. The molecule has 3 heteroatoms. The van der Waals surface area contributed by atoms with Gasteiger partial charge in [0, 0.05) is 5.92 Å². The molecule has 1 N–H and O–H groups in total. The topological polar surface area (TPSA) is 46.5 Å². The number of benzene rings is 1. The average Bonchev–Trinajstić information content (AvgIpc) is 3.09. The second-order valence-corrected chi connectivity index (χ2v) is 6.34. The third-order valence-electron chi connectivity index (χ3n) is 4.81. The van der Waals surface area contributed by atoms with E-state index in [-0.39, 0.29) is 12.0 Å². The van der Waals surface area contributed by atoms with Crippen LogP contribution in [0.5, 0.6) is 0 Å². The van der Waals surface area contributed by atoms with Gasteiger partial charge in [0.25, 0.3) is 0 Å². The summed E-state index contributed by atoms with van der Waals surface area (Å²) in [6, 6.07) is 9.30. The molecule has 0 heterocycles. The highest BCUT2D eigenvalue weighted by Crippen LogP contribution is 2.41. The maximum absolute atomic E-state index is 12.8. The van der Waals surface area contributed by atoms with E-state index in [1.807, 2.05) is 37.3 Å². The molecule has 0 saturated heterocycles. The number of hydrogen-bond donors (Lipinski definition) is 1. The first-order valence-corrected chi connectivity index (χ1v) is 8.61. The van der Waals surface area contributed by atoms with Crippen molar-refractivity contribution in [1.82, 2.24) is 0 Å². The minimum Gasteiger partial charge on any atom is -0.460 e. The quantitative estimate of drug-likeness (QED) is 0.768. The molecule has 0 spiro atoms. The van der Waals surface area contributed by atoms with Crippen LogP contribution in [0.1, 0.15) is 64.4 Å². The molecule has 1 aliphatic rings. The molecule has 0 aromatic heterocycles. The van der Waals surface area contributed by atoms with Gasteiger partial charge in [-0.2, -0.15) is 0 Å². The lowest BCUT2D eigenvalue weighted by molar-refractivity contribution is -0.180. The van der Waals surface area contributed by atoms with Crippen LogP contribution in [0.2, 0.25) is 0 Å². The Bertz CT molecular complexity index is 465. The van der Waals surface area contributed by atoms with Crippen molar-refractivity contribution >= 4 is 5.97 Å². The number of hydrogen-bond acceptors (Lipinski definition) is 3. The fourth-order valence-corrected chi connectivity index (χ4v) is 3.47. The van der Waals surface area contributed by atoms with Gasteiger partial charge >= 0.3 is 5.97 Å². The van der Waals surface area contributed by atoms with Gasteiger partial charge in [-0.1, -0.05) is 63.4 Å². The summed E-state index contributed by atoms with van der Waals surface area (Å²) in [6.07, 6.45) is 6.40. The molecule has 0 amide bonds. The highest BCUT2D eigenvalue weighted by atomic mass is 16.6. The zero-order valence-electron chi connectivity index (χ0n) is 13.8. The fourth-order valence-electron chi connectivity index (χ4n) is 3.47. The van der Waals surface area contributed by atoms with Crippen LogP contribution in [0, 0.1) is 5.92 Å². The summed E-state index contributed by atoms with van der Waals surface area (Å²) in [6.45, 7) is 4.10. The van der Waals surface area contributed by atoms with Crippen molar-refractivity contribution in [2.24, 2.45) is 5.92 Å². The third kappa shape index (κ3) is 3.52. The highest BCUT2D eigenvalue weighted by molar-refractivity contribution is 5.81. The molecule has 2 rings (SSSR count). The first-order valence-electron chi connectivity index (χ1n) is 8.61. The molecule has 1 aliphatic carbocycles. The normalized spacial score (nSPS) is 19.6. The summed E-state index contributed by atoms with van der Waals surface area (Å²) in [7, 11) is 0. The van der Waals surface area contributed by atoms with Gasteiger partial charge in [0.05, 0.1) is 0 Å². The number of aliphatic hydroxyl groups is 1. The fraction of sp³-hybridized carbons (Fsp3) is 0.632. The second kappa shape index (κ2) is 7.77. The first-order chi connectivity index (χ1) is 10.6. The molecule has 0 radical (unpaired) electrons. The van der Waals surface area contributed by atoms with E-state index in [2.05, 4.69) is 6.92 Å². The van der Waals surface area contributed by atoms with E-state index in [1.165, 1.54) is 0 Å². The van der Waals surface area contributed by atoms with E-state index in [0.29, 0.717) is 5.56 Å². The van der Waals surface area contributed by atoms with Gasteiger partial charge in [0.1, 0.15) is 6.10 Å². The van der Waals surface area contributed by atoms with Crippen molar-refractivity contribution in [3.8, 4) is 0 Å². The van der Waals surface area contributed by atoms with E-state index in [0.717, 1.165) is 44.9 Å². The van der Waals surface area contributed by atoms with E-state index >= 15 is 0 Å². The summed E-state index contributed by atoms with van der Waals surface area (Å²) < 4.78 is 5.68.